The summed E-state index contributed by atoms with van der Waals surface area (Å²) in [4.78, 5) is 44.2. The van der Waals surface area contributed by atoms with Crippen LogP contribution in [0.15, 0.2) is 30.3 Å². The Hall–Kier alpha value is -2.21. The van der Waals surface area contributed by atoms with E-state index in [4.69, 9.17) is 0 Å². The predicted octanol–water partition coefficient (Wildman–Crippen LogP) is 3.44. The number of nitrogens with one attached hydrogen (secondary N) is 1. The molecule has 2 aliphatic heterocycles. The van der Waals surface area contributed by atoms with Crippen molar-refractivity contribution in [1.82, 2.24) is 15.1 Å². The molecule has 0 unspecified atom stereocenters. The number of nitrogens with zero attached hydrogens (tertiary/aromatic N) is 2. The molecule has 4 rings (SSSR count). The lowest BCUT2D eigenvalue weighted by Gasteiger charge is -2.34. The van der Waals surface area contributed by atoms with Gasteiger partial charge in [0.25, 0.3) is 0 Å². The summed E-state index contributed by atoms with van der Waals surface area (Å²) in [6, 6.07) is 9.71. The fraction of sp³-hybridized carbons (Fsp3) is 0.679. The first kappa shape index (κ1) is 24.9. The van der Waals surface area contributed by atoms with Gasteiger partial charge in [-0.3, -0.25) is 14.4 Å². The van der Waals surface area contributed by atoms with Crippen molar-refractivity contribution >= 4 is 17.6 Å². The van der Waals surface area contributed by atoms with Crippen LogP contribution in [-0.4, -0.2) is 66.2 Å². The van der Waals surface area contributed by atoms with Gasteiger partial charge in [-0.1, -0.05) is 56.5 Å². The lowest BCUT2D eigenvalue weighted by atomic mass is 9.76. The minimum atomic E-state index is -0.337. The van der Waals surface area contributed by atoms with Gasteiger partial charge in [-0.2, -0.15) is 0 Å². The standard InChI is InChI=1S/C28H41N3O3/c1-3-24(29-2)25(32)18-23(21-12-8-5-9-13-21)27(33)31-17-15-22-19-30(28(34)26(22)31)16-14-20-10-6-4-7-11-20/h4,6-7,10-11,21-24,26,29H,3,5,8-9,12-19H2,1-2H3/t22-,23-,24-,26-/m0/s1. The average molecular weight is 468 g/mol. The Morgan fingerprint density at radius 1 is 1.09 bits per heavy atom. The van der Waals surface area contributed by atoms with Crippen LogP contribution in [0.25, 0.3) is 0 Å². The van der Waals surface area contributed by atoms with E-state index in [0.29, 0.717) is 19.5 Å². The van der Waals surface area contributed by atoms with Crippen LogP contribution in [0, 0.1) is 17.8 Å². The first-order chi connectivity index (χ1) is 16.5. The molecular weight excluding hydrogens is 426 g/mol. The van der Waals surface area contributed by atoms with Gasteiger partial charge in [-0.15, -0.1) is 0 Å². The maximum atomic E-state index is 13.9. The second kappa shape index (κ2) is 11.5. The molecule has 0 radical (unpaired) electrons. The van der Waals surface area contributed by atoms with Crippen molar-refractivity contribution in [1.29, 1.82) is 0 Å². The number of rotatable bonds is 10. The summed E-state index contributed by atoms with van der Waals surface area (Å²) < 4.78 is 0. The number of carbonyl (C=O) groups excluding carboxylic acids is 3. The Morgan fingerprint density at radius 3 is 2.50 bits per heavy atom. The van der Waals surface area contributed by atoms with Crippen LogP contribution < -0.4 is 5.32 Å². The molecule has 34 heavy (non-hydrogen) atoms. The zero-order chi connectivity index (χ0) is 24.1. The smallest absolute Gasteiger partial charge is 0.245 e. The number of Topliss-reactive ketones (excluding diaryl/α,β-unsaturated/α-hetero) is 1. The predicted molar refractivity (Wildman–Crippen MR) is 133 cm³/mol. The molecule has 1 N–H and O–H groups in total. The van der Waals surface area contributed by atoms with Crippen LogP contribution in [0.3, 0.4) is 0 Å². The highest BCUT2D eigenvalue weighted by atomic mass is 16.2. The van der Waals surface area contributed by atoms with E-state index < -0.39 is 0 Å². The lowest BCUT2D eigenvalue weighted by Crippen LogP contribution is -2.48. The van der Waals surface area contributed by atoms with Crippen molar-refractivity contribution in [2.45, 2.75) is 76.8 Å². The topological polar surface area (TPSA) is 69.7 Å². The number of likely N-dealkylation sites (N-methyl/N-ethyl adjacent to an activating group) is 1. The van der Waals surface area contributed by atoms with Crippen molar-refractivity contribution in [3.05, 3.63) is 35.9 Å². The normalized spacial score (nSPS) is 24.8. The van der Waals surface area contributed by atoms with Gasteiger partial charge in [0, 0.05) is 37.9 Å². The molecule has 3 aliphatic rings. The van der Waals surface area contributed by atoms with Crippen molar-refractivity contribution in [2.75, 3.05) is 26.7 Å². The molecule has 2 heterocycles. The van der Waals surface area contributed by atoms with E-state index in [1.165, 1.54) is 12.0 Å². The van der Waals surface area contributed by atoms with E-state index >= 15 is 0 Å². The highest BCUT2D eigenvalue weighted by Crippen LogP contribution is 2.38. The Labute approximate surface area is 204 Å². The van der Waals surface area contributed by atoms with Gasteiger partial charge in [0.1, 0.15) is 6.04 Å². The number of hydrogen-bond donors (Lipinski definition) is 1. The highest BCUT2D eigenvalue weighted by molar-refractivity contribution is 5.94. The number of likely N-dealkylation sites (tertiary alicyclic amines) is 2. The summed E-state index contributed by atoms with van der Waals surface area (Å²) in [5.41, 5.74) is 1.23. The summed E-state index contributed by atoms with van der Waals surface area (Å²) in [5, 5.41) is 3.11. The van der Waals surface area contributed by atoms with E-state index in [1.807, 2.05) is 42.0 Å². The SMILES string of the molecule is CC[C@H](NC)C(=O)C[C@H](C(=O)N1CC[C@H]2CN(CCc3ccccc3)C(=O)[C@H]21)C1CCCCC1. The minimum absolute atomic E-state index is 0.0527. The number of benzene rings is 1. The molecule has 1 aliphatic carbocycles. The number of carbonyl (C=O) groups is 3. The molecule has 2 amide bonds. The monoisotopic (exact) mass is 467 g/mol. The van der Waals surface area contributed by atoms with Gasteiger partial charge < -0.3 is 15.1 Å². The van der Waals surface area contributed by atoms with Gasteiger partial charge in [0.05, 0.1) is 6.04 Å². The third kappa shape index (κ3) is 5.37. The second-order valence-corrected chi connectivity index (χ2v) is 10.5. The zero-order valence-corrected chi connectivity index (χ0v) is 20.9. The van der Waals surface area contributed by atoms with Crippen LogP contribution >= 0.6 is 0 Å². The fourth-order valence-corrected chi connectivity index (χ4v) is 6.46. The summed E-state index contributed by atoms with van der Waals surface area (Å²) in [5.74, 6) is 0.464. The fourth-order valence-electron chi connectivity index (χ4n) is 6.46. The number of fused-ring (bicyclic) bond motifs is 1. The molecule has 0 spiro atoms. The average Bonchev–Trinajstić information content (AvgIpc) is 3.42. The molecule has 4 atom stereocenters. The molecule has 6 heteroatoms. The molecular formula is C28H41N3O3. The van der Waals surface area contributed by atoms with Gasteiger partial charge in [0.15, 0.2) is 5.78 Å². The summed E-state index contributed by atoms with van der Waals surface area (Å²) in [7, 11) is 1.82. The van der Waals surface area contributed by atoms with Gasteiger partial charge >= 0.3 is 0 Å². The molecule has 1 aromatic carbocycles. The van der Waals surface area contributed by atoms with Crippen molar-refractivity contribution in [3.63, 3.8) is 0 Å². The third-order valence-electron chi connectivity index (χ3n) is 8.44. The van der Waals surface area contributed by atoms with E-state index in [1.54, 1.807) is 0 Å². The number of ketones is 1. The van der Waals surface area contributed by atoms with E-state index in [-0.39, 0.29) is 47.4 Å². The molecule has 0 aromatic heterocycles. The van der Waals surface area contributed by atoms with Crippen molar-refractivity contribution in [3.8, 4) is 0 Å². The molecule has 1 saturated carbocycles. The molecule has 6 nitrogen and oxygen atoms in total. The lowest BCUT2D eigenvalue weighted by molar-refractivity contribution is -0.146. The van der Waals surface area contributed by atoms with Crippen molar-refractivity contribution in [2.24, 2.45) is 17.8 Å². The Morgan fingerprint density at radius 2 is 1.82 bits per heavy atom. The largest absolute Gasteiger partial charge is 0.340 e. The van der Waals surface area contributed by atoms with E-state index in [2.05, 4.69) is 17.4 Å². The number of hydrogen-bond acceptors (Lipinski definition) is 4. The minimum Gasteiger partial charge on any atom is -0.340 e. The molecule has 0 bridgehead atoms. The van der Waals surface area contributed by atoms with Gasteiger partial charge in [0.2, 0.25) is 11.8 Å². The van der Waals surface area contributed by atoms with Crippen LogP contribution in [0.1, 0.15) is 63.9 Å². The second-order valence-electron chi connectivity index (χ2n) is 10.5. The summed E-state index contributed by atoms with van der Waals surface area (Å²) in [6.07, 6.45) is 8.23. The molecule has 2 saturated heterocycles. The number of amides is 2. The first-order valence-electron chi connectivity index (χ1n) is 13.4. The van der Waals surface area contributed by atoms with E-state index in [0.717, 1.165) is 51.5 Å². The van der Waals surface area contributed by atoms with E-state index in [9.17, 15) is 14.4 Å². The first-order valence-corrected chi connectivity index (χ1v) is 13.4. The Kier molecular flexibility index (Phi) is 8.41. The summed E-state index contributed by atoms with van der Waals surface area (Å²) in [6.45, 7) is 4.09. The zero-order valence-electron chi connectivity index (χ0n) is 20.9. The Bertz CT molecular complexity index is 848. The van der Waals surface area contributed by atoms with Crippen LogP contribution in [-0.2, 0) is 20.8 Å². The molecule has 186 valence electrons. The maximum absolute atomic E-state index is 13.9. The maximum Gasteiger partial charge on any atom is 0.245 e. The highest BCUT2D eigenvalue weighted by Gasteiger charge is 2.50. The van der Waals surface area contributed by atoms with Gasteiger partial charge in [-0.25, -0.2) is 0 Å². The van der Waals surface area contributed by atoms with Crippen LogP contribution in [0.4, 0.5) is 0 Å². The quantitative estimate of drug-likeness (QED) is 0.572. The van der Waals surface area contributed by atoms with Crippen LogP contribution in [0.2, 0.25) is 0 Å². The van der Waals surface area contributed by atoms with Crippen LogP contribution in [0.5, 0.6) is 0 Å². The van der Waals surface area contributed by atoms with Crippen molar-refractivity contribution < 1.29 is 14.4 Å². The summed E-state index contributed by atoms with van der Waals surface area (Å²) >= 11 is 0. The van der Waals surface area contributed by atoms with Gasteiger partial charge in [-0.05, 0) is 50.6 Å². The Balaban J connectivity index is 1.45. The third-order valence-corrected chi connectivity index (χ3v) is 8.44. The molecule has 1 aromatic rings. The molecule has 3 fully saturated rings.